The molecule has 0 fully saturated rings. The fourth-order valence-electron chi connectivity index (χ4n) is 2.61. The number of non-ortho nitro benzene ring substituents is 1. The van der Waals surface area contributed by atoms with Gasteiger partial charge in [-0.05, 0) is 50.2 Å². The third-order valence-corrected chi connectivity index (χ3v) is 4.13. The molecule has 9 nitrogen and oxygen atoms in total. The van der Waals surface area contributed by atoms with E-state index in [-0.39, 0.29) is 12.3 Å². The molecule has 0 bridgehead atoms. The normalized spacial score (nSPS) is 9.85. The summed E-state index contributed by atoms with van der Waals surface area (Å²) in [7, 11) is 0. The second kappa shape index (κ2) is 12.5. The predicted octanol–water partition coefficient (Wildman–Crippen LogP) is 5.15. The minimum absolute atomic E-state index is 0.0843. The van der Waals surface area contributed by atoms with Crippen molar-refractivity contribution in [2.24, 2.45) is 0 Å². The maximum atomic E-state index is 13.1. The summed E-state index contributed by atoms with van der Waals surface area (Å²) in [5.74, 6) is -1.10. The van der Waals surface area contributed by atoms with Crippen LogP contribution < -0.4 is 10.5 Å². The molecular weight excluding hydrogens is 447 g/mol. The van der Waals surface area contributed by atoms with Crippen molar-refractivity contribution in [1.29, 1.82) is 0 Å². The van der Waals surface area contributed by atoms with Crippen LogP contribution in [0.3, 0.4) is 0 Å². The summed E-state index contributed by atoms with van der Waals surface area (Å²) in [6.07, 6.45) is 0. The number of nitro groups is 1. The molecule has 0 heterocycles. The molecule has 0 amide bonds. The van der Waals surface area contributed by atoms with Crippen LogP contribution in [-0.4, -0.2) is 30.1 Å². The van der Waals surface area contributed by atoms with Crippen molar-refractivity contribution >= 4 is 23.3 Å². The van der Waals surface area contributed by atoms with Gasteiger partial charge >= 0.3 is 11.9 Å². The highest BCUT2D eigenvalue weighted by molar-refractivity contribution is 5.93. The average Bonchev–Trinajstić information content (AvgIpc) is 2.81. The summed E-state index contributed by atoms with van der Waals surface area (Å²) >= 11 is 0. The second-order valence-corrected chi connectivity index (χ2v) is 6.53. The van der Waals surface area contributed by atoms with Crippen LogP contribution in [0.25, 0.3) is 0 Å². The smallest absolute Gasteiger partial charge is 0.342 e. The van der Waals surface area contributed by atoms with E-state index in [1.807, 2.05) is 30.3 Å². The lowest BCUT2D eigenvalue weighted by Crippen LogP contribution is -2.07. The molecule has 0 atom stereocenters. The molecule has 0 aliphatic heterocycles. The molecule has 0 saturated carbocycles. The summed E-state index contributed by atoms with van der Waals surface area (Å²) < 4.78 is 28.3. The number of hydrogen-bond acceptors (Lipinski definition) is 8. The van der Waals surface area contributed by atoms with Crippen LogP contribution in [-0.2, 0) is 9.47 Å². The Morgan fingerprint density at radius 3 is 2.12 bits per heavy atom. The van der Waals surface area contributed by atoms with Gasteiger partial charge in [-0.3, -0.25) is 10.1 Å². The van der Waals surface area contributed by atoms with Crippen molar-refractivity contribution < 1.29 is 33.1 Å². The summed E-state index contributed by atoms with van der Waals surface area (Å²) in [4.78, 5) is 32.7. The third-order valence-electron chi connectivity index (χ3n) is 4.13. The van der Waals surface area contributed by atoms with Gasteiger partial charge in [-0.15, -0.1) is 0 Å². The molecule has 178 valence electrons. The predicted molar refractivity (Wildman–Crippen MR) is 122 cm³/mol. The van der Waals surface area contributed by atoms with Gasteiger partial charge in [0.15, 0.2) is 0 Å². The monoisotopic (exact) mass is 470 g/mol. The third kappa shape index (κ3) is 7.30. The minimum atomic E-state index is -0.904. The Morgan fingerprint density at radius 2 is 1.53 bits per heavy atom. The van der Waals surface area contributed by atoms with Crippen LogP contribution in [0, 0.1) is 15.9 Å². The van der Waals surface area contributed by atoms with E-state index in [2.05, 4.69) is 4.74 Å². The Hall–Kier alpha value is -4.47. The molecule has 34 heavy (non-hydrogen) atoms. The fourth-order valence-corrected chi connectivity index (χ4v) is 2.61. The molecule has 10 heteroatoms. The Bertz CT molecular complexity index is 1150. The lowest BCUT2D eigenvalue weighted by molar-refractivity contribution is -0.384. The number of rotatable bonds is 7. The molecule has 0 radical (unpaired) electrons. The van der Waals surface area contributed by atoms with Crippen molar-refractivity contribution in [3.63, 3.8) is 0 Å². The SMILES string of the molecule is CCOC(=O)c1cc(N)ccc1Oc1ccccc1.CCOC(=O)c1cc([N+](=O)[O-])ccc1F. The largest absolute Gasteiger partial charge is 0.462 e. The summed E-state index contributed by atoms with van der Waals surface area (Å²) in [5, 5.41) is 10.4. The molecule has 2 N–H and O–H groups in total. The van der Waals surface area contributed by atoms with Gasteiger partial charge in [0.2, 0.25) is 0 Å². The highest BCUT2D eigenvalue weighted by Crippen LogP contribution is 2.27. The minimum Gasteiger partial charge on any atom is -0.462 e. The van der Waals surface area contributed by atoms with Crippen LogP contribution in [0.5, 0.6) is 11.5 Å². The molecule has 0 saturated heterocycles. The number of nitrogens with two attached hydrogens (primary N) is 1. The number of carbonyl (C=O) groups excluding carboxylic acids is 2. The topological polar surface area (TPSA) is 131 Å². The Balaban J connectivity index is 0.000000248. The number of nitrogen functional groups attached to an aromatic ring is 1. The number of carbonyl (C=O) groups is 2. The number of hydrogen-bond donors (Lipinski definition) is 1. The standard InChI is InChI=1S/C15H15NO3.C9H8FNO4/c1-2-18-15(17)13-10-11(16)8-9-14(13)19-12-6-4-3-5-7-12;1-2-15-9(12)7-5-6(11(13)14)3-4-8(7)10/h3-10H,2,16H2,1H3;3-5H,2H2,1H3. The summed E-state index contributed by atoms with van der Waals surface area (Å²) in [6, 6.07) is 16.8. The molecule has 3 aromatic rings. The Kier molecular flexibility index (Phi) is 9.51. The van der Waals surface area contributed by atoms with E-state index in [9.17, 15) is 24.1 Å². The summed E-state index contributed by atoms with van der Waals surface area (Å²) in [6.45, 7) is 3.70. The van der Waals surface area contributed by atoms with E-state index < -0.39 is 28.2 Å². The maximum Gasteiger partial charge on any atom is 0.342 e. The van der Waals surface area contributed by atoms with E-state index in [1.54, 1.807) is 32.0 Å². The first-order valence-electron chi connectivity index (χ1n) is 10.2. The van der Waals surface area contributed by atoms with Crippen molar-refractivity contribution in [1.82, 2.24) is 0 Å². The molecule has 0 unspecified atom stereocenters. The highest BCUT2D eigenvalue weighted by atomic mass is 19.1. The van der Waals surface area contributed by atoms with Crippen molar-refractivity contribution in [2.75, 3.05) is 18.9 Å². The van der Waals surface area contributed by atoms with Crippen LogP contribution >= 0.6 is 0 Å². The van der Waals surface area contributed by atoms with Gasteiger partial charge in [-0.1, -0.05) is 18.2 Å². The first-order chi connectivity index (χ1) is 16.3. The van der Waals surface area contributed by atoms with Gasteiger partial charge in [0.25, 0.3) is 5.69 Å². The zero-order valence-corrected chi connectivity index (χ0v) is 18.5. The highest BCUT2D eigenvalue weighted by Gasteiger charge is 2.17. The number of nitrogens with zero attached hydrogens (tertiary/aromatic N) is 1. The molecule has 3 aromatic carbocycles. The van der Waals surface area contributed by atoms with Gasteiger partial charge in [0.05, 0.1) is 18.1 Å². The molecule has 0 aliphatic carbocycles. The fraction of sp³-hybridized carbons (Fsp3) is 0.167. The zero-order chi connectivity index (χ0) is 25.1. The van der Waals surface area contributed by atoms with Gasteiger partial charge in [-0.25, -0.2) is 14.0 Å². The Morgan fingerprint density at radius 1 is 0.912 bits per heavy atom. The van der Waals surface area contributed by atoms with E-state index in [0.717, 1.165) is 18.2 Å². The van der Waals surface area contributed by atoms with E-state index in [1.165, 1.54) is 0 Å². The lowest BCUT2D eigenvalue weighted by Gasteiger charge is -2.11. The van der Waals surface area contributed by atoms with Crippen LogP contribution in [0.4, 0.5) is 15.8 Å². The molecule has 0 aliphatic rings. The van der Waals surface area contributed by atoms with Gasteiger partial charge in [-0.2, -0.15) is 0 Å². The van der Waals surface area contributed by atoms with Gasteiger partial charge in [0.1, 0.15) is 28.4 Å². The maximum absolute atomic E-state index is 13.1. The molecular formula is C24H23FN2O7. The van der Waals surface area contributed by atoms with Crippen LogP contribution in [0.15, 0.2) is 66.7 Å². The molecule has 3 rings (SSSR count). The first kappa shape index (κ1) is 25.8. The quantitative estimate of drug-likeness (QED) is 0.217. The number of ether oxygens (including phenoxy) is 3. The number of nitro benzene ring substituents is 1. The first-order valence-corrected chi connectivity index (χ1v) is 10.2. The van der Waals surface area contributed by atoms with Crippen molar-refractivity contribution in [3.05, 3.63) is 93.8 Å². The molecule has 0 aromatic heterocycles. The number of benzene rings is 3. The summed E-state index contributed by atoms with van der Waals surface area (Å²) in [5.41, 5.74) is 5.73. The number of halogens is 1. The lowest BCUT2D eigenvalue weighted by atomic mass is 10.2. The Labute approximate surface area is 195 Å². The van der Waals surface area contributed by atoms with Crippen molar-refractivity contribution in [3.8, 4) is 11.5 Å². The van der Waals surface area contributed by atoms with E-state index >= 15 is 0 Å². The van der Waals surface area contributed by atoms with E-state index in [0.29, 0.717) is 29.4 Å². The van der Waals surface area contributed by atoms with Gasteiger partial charge in [0, 0.05) is 17.8 Å². The number of para-hydroxylation sites is 1. The molecule has 0 spiro atoms. The zero-order valence-electron chi connectivity index (χ0n) is 18.5. The van der Waals surface area contributed by atoms with Gasteiger partial charge < -0.3 is 19.9 Å². The number of anilines is 1. The average molecular weight is 470 g/mol. The number of esters is 2. The van der Waals surface area contributed by atoms with Crippen LogP contribution in [0.2, 0.25) is 0 Å². The van der Waals surface area contributed by atoms with Crippen LogP contribution in [0.1, 0.15) is 34.6 Å². The van der Waals surface area contributed by atoms with E-state index in [4.69, 9.17) is 15.2 Å². The second-order valence-electron chi connectivity index (χ2n) is 6.53. The van der Waals surface area contributed by atoms with Crippen molar-refractivity contribution in [2.45, 2.75) is 13.8 Å².